The summed E-state index contributed by atoms with van der Waals surface area (Å²) < 4.78 is 5.04. The number of rotatable bonds is 1. The van der Waals surface area contributed by atoms with Crippen molar-refractivity contribution in [3.05, 3.63) is 22.7 Å². The summed E-state index contributed by atoms with van der Waals surface area (Å²) in [6.45, 7) is 5.89. The number of nitrogens with two attached hydrogens (primary N) is 1. The third-order valence-corrected chi connectivity index (χ3v) is 1.93. The minimum atomic E-state index is 0.623. The van der Waals surface area contributed by atoms with Gasteiger partial charge in [0.1, 0.15) is 5.75 Å². The van der Waals surface area contributed by atoms with Gasteiger partial charge in [0.15, 0.2) is 0 Å². The number of nitrogen functional groups attached to an aromatic ring is 1. The largest absolute Gasteiger partial charge is 0.496 e. The van der Waals surface area contributed by atoms with Crippen LogP contribution in [0.1, 0.15) is 19.4 Å². The van der Waals surface area contributed by atoms with Crippen molar-refractivity contribution in [1.82, 2.24) is 0 Å². The molecule has 1 aromatic carbocycles. The Morgan fingerprint density at radius 3 is 2.31 bits per heavy atom. The van der Waals surface area contributed by atoms with Gasteiger partial charge in [-0.3, -0.25) is 0 Å². The van der Waals surface area contributed by atoms with Gasteiger partial charge in [-0.15, -0.1) is 0 Å². The van der Waals surface area contributed by atoms with E-state index in [1.165, 1.54) is 0 Å². The zero-order valence-electron chi connectivity index (χ0n) is 8.52. The van der Waals surface area contributed by atoms with Gasteiger partial charge < -0.3 is 10.5 Å². The molecule has 2 nitrogen and oxygen atoms in total. The number of methoxy groups -OCH3 is 1. The summed E-state index contributed by atoms with van der Waals surface area (Å²) in [5, 5.41) is 0.641. The van der Waals surface area contributed by atoms with E-state index in [1.807, 2.05) is 20.8 Å². The van der Waals surface area contributed by atoms with Crippen LogP contribution in [0.25, 0.3) is 0 Å². The minimum Gasteiger partial charge on any atom is -0.496 e. The van der Waals surface area contributed by atoms with Crippen molar-refractivity contribution in [3.63, 3.8) is 0 Å². The van der Waals surface area contributed by atoms with Crippen LogP contribution in [0, 0.1) is 6.92 Å². The molecular formula is C10H16ClNO. The lowest BCUT2D eigenvalue weighted by atomic mass is 10.2. The molecule has 0 aliphatic heterocycles. The Morgan fingerprint density at radius 2 is 1.85 bits per heavy atom. The maximum atomic E-state index is 5.84. The monoisotopic (exact) mass is 201 g/mol. The molecule has 0 saturated carbocycles. The lowest BCUT2D eigenvalue weighted by Gasteiger charge is -2.06. The van der Waals surface area contributed by atoms with Crippen molar-refractivity contribution in [3.8, 4) is 5.75 Å². The Labute approximate surface area is 84.7 Å². The summed E-state index contributed by atoms with van der Waals surface area (Å²) in [5.74, 6) is 0.731. The molecule has 0 spiro atoms. The second-order valence-electron chi connectivity index (χ2n) is 2.33. The highest BCUT2D eigenvalue weighted by Crippen LogP contribution is 2.28. The summed E-state index contributed by atoms with van der Waals surface area (Å²) in [4.78, 5) is 0. The molecule has 0 aliphatic rings. The molecular weight excluding hydrogens is 186 g/mol. The molecule has 13 heavy (non-hydrogen) atoms. The smallest absolute Gasteiger partial charge is 0.125 e. The van der Waals surface area contributed by atoms with E-state index < -0.39 is 0 Å². The molecule has 0 aromatic heterocycles. The SMILES string of the molecule is CC.COc1cc(N)cc(Cl)c1C. The number of hydrogen-bond acceptors (Lipinski definition) is 2. The molecule has 0 amide bonds. The van der Waals surface area contributed by atoms with Crippen molar-refractivity contribution in [2.24, 2.45) is 0 Å². The van der Waals surface area contributed by atoms with Crippen LogP contribution in [0.2, 0.25) is 5.02 Å². The Hall–Kier alpha value is -0.890. The molecule has 0 fully saturated rings. The van der Waals surface area contributed by atoms with E-state index in [1.54, 1.807) is 19.2 Å². The first-order valence-electron chi connectivity index (χ1n) is 4.24. The van der Waals surface area contributed by atoms with E-state index in [9.17, 15) is 0 Å². The first-order valence-corrected chi connectivity index (χ1v) is 4.62. The molecule has 3 heteroatoms. The fourth-order valence-electron chi connectivity index (χ4n) is 0.886. The summed E-state index contributed by atoms with van der Waals surface area (Å²) in [6.07, 6.45) is 0. The summed E-state index contributed by atoms with van der Waals surface area (Å²) in [5.41, 5.74) is 7.08. The third-order valence-electron chi connectivity index (χ3n) is 1.54. The fraction of sp³-hybridized carbons (Fsp3) is 0.400. The molecule has 74 valence electrons. The van der Waals surface area contributed by atoms with Gasteiger partial charge >= 0.3 is 0 Å². The molecule has 1 rings (SSSR count). The zero-order chi connectivity index (χ0) is 10.4. The molecule has 0 bridgehead atoms. The zero-order valence-corrected chi connectivity index (χ0v) is 9.27. The van der Waals surface area contributed by atoms with E-state index in [0.29, 0.717) is 10.7 Å². The van der Waals surface area contributed by atoms with Crippen molar-refractivity contribution in [1.29, 1.82) is 0 Å². The lowest BCUT2D eigenvalue weighted by molar-refractivity contribution is 0.412. The highest BCUT2D eigenvalue weighted by Gasteiger charge is 2.03. The van der Waals surface area contributed by atoms with Gasteiger partial charge in [0.25, 0.3) is 0 Å². The van der Waals surface area contributed by atoms with Crippen molar-refractivity contribution < 1.29 is 4.74 Å². The minimum absolute atomic E-state index is 0.623. The Bertz CT molecular complexity index is 274. The van der Waals surface area contributed by atoms with Gasteiger partial charge in [-0.1, -0.05) is 25.4 Å². The second kappa shape index (κ2) is 5.70. The van der Waals surface area contributed by atoms with Crippen LogP contribution in [-0.4, -0.2) is 7.11 Å². The number of benzene rings is 1. The molecule has 0 atom stereocenters. The summed E-state index contributed by atoms with van der Waals surface area (Å²) in [7, 11) is 1.60. The number of halogens is 1. The molecule has 1 aromatic rings. The highest BCUT2D eigenvalue weighted by molar-refractivity contribution is 6.31. The lowest BCUT2D eigenvalue weighted by Crippen LogP contribution is -1.91. The van der Waals surface area contributed by atoms with Crippen LogP contribution in [0.3, 0.4) is 0 Å². The average Bonchev–Trinajstić information content (AvgIpc) is 2.14. The van der Waals surface area contributed by atoms with Crippen molar-refractivity contribution in [2.75, 3.05) is 12.8 Å². The normalized spacial score (nSPS) is 8.69. The van der Waals surface area contributed by atoms with Crippen LogP contribution in [0.5, 0.6) is 5.75 Å². The van der Waals surface area contributed by atoms with Gasteiger partial charge in [0.2, 0.25) is 0 Å². The van der Waals surface area contributed by atoms with E-state index >= 15 is 0 Å². The van der Waals surface area contributed by atoms with E-state index in [4.69, 9.17) is 22.1 Å². The maximum Gasteiger partial charge on any atom is 0.125 e. The molecule has 0 heterocycles. The van der Waals surface area contributed by atoms with Crippen LogP contribution in [-0.2, 0) is 0 Å². The van der Waals surface area contributed by atoms with E-state index in [-0.39, 0.29) is 0 Å². The van der Waals surface area contributed by atoms with Gasteiger partial charge in [0, 0.05) is 22.3 Å². The Balaban J connectivity index is 0.000000671. The van der Waals surface area contributed by atoms with Gasteiger partial charge in [-0.05, 0) is 13.0 Å². The number of ether oxygens (including phenoxy) is 1. The summed E-state index contributed by atoms with van der Waals surface area (Å²) in [6, 6.07) is 3.46. The van der Waals surface area contributed by atoms with Gasteiger partial charge in [-0.2, -0.15) is 0 Å². The van der Waals surface area contributed by atoms with Gasteiger partial charge in [0.05, 0.1) is 7.11 Å². The molecule has 0 radical (unpaired) electrons. The predicted octanol–water partition coefficient (Wildman–Crippen LogP) is 3.27. The maximum absolute atomic E-state index is 5.84. The Kier molecular flexibility index (Phi) is 5.31. The first kappa shape index (κ1) is 12.1. The van der Waals surface area contributed by atoms with Crippen LogP contribution in [0.4, 0.5) is 5.69 Å². The highest BCUT2D eigenvalue weighted by atomic mass is 35.5. The molecule has 0 aliphatic carbocycles. The Morgan fingerprint density at radius 1 is 1.31 bits per heavy atom. The first-order chi connectivity index (χ1) is 6.15. The van der Waals surface area contributed by atoms with E-state index in [2.05, 4.69) is 0 Å². The standard InChI is InChI=1S/C8H10ClNO.C2H6/c1-5-7(9)3-6(10)4-8(5)11-2;1-2/h3-4H,10H2,1-2H3;1-2H3. The topological polar surface area (TPSA) is 35.2 Å². The van der Waals surface area contributed by atoms with Crippen LogP contribution < -0.4 is 10.5 Å². The predicted molar refractivity (Wildman–Crippen MR) is 58.5 cm³/mol. The van der Waals surface area contributed by atoms with E-state index in [0.717, 1.165) is 11.3 Å². The van der Waals surface area contributed by atoms with Crippen molar-refractivity contribution in [2.45, 2.75) is 20.8 Å². The second-order valence-corrected chi connectivity index (χ2v) is 2.74. The number of anilines is 1. The molecule has 0 unspecified atom stereocenters. The third kappa shape index (κ3) is 3.15. The quantitative estimate of drug-likeness (QED) is 0.708. The van der Waals surface area contributed by atoms with Crippen LogP contribution in [0.15, 0.2) is 12.1 Å². The summed E-state index contributed by atoms with van der Waals surface area (Å²) >= 11 is 5.84. The van der Waals surface area contributed by atoms with Crippen LogP contribution >= 0.6 is 11.6 Å². The average molecular weight is 202 g/mol. The fourth-order valence-corrected chi connectivity index (χ4v) is 1.10. The molecule has 0 saturated heterocycles. The van der Waals surface area contributed by atoms with Gasteiger partial charge in [-0.25, -0.2) is 0 Å². The number of hydrogen-bond donors (Lipinski definition) is 1. The van der Waals surface area contributed by atoms with Crippen molar-refractivity contribution >= 4 is 17.3 Å². The molecule has 2 N–H and O–H groups in total.